The fourth-order valence-corrected chi connectivity index (χ4v) is 14.1. The van der Waals surface area contributed by atoms with Gasteiger partial charge >= 0.3 is 0 Å². The Labute approximate surface area is 453 Å². The largest absolute Gasteiger partial charge is 0.310 e. The third kappa shape index (κ3) is 7.87. The van der Waals surface area contributed by atoms with E-state index in [9.17, 15) is 0 Å². The van der Waals surface area contributed by atoms with Gasteiger partial charge in [0, 0.05) is 34.1 Å². The van der Waals surface area contributed by atoms with E-state index in [1.54, 1.807) is 0 Å². The van der Waals surface area contributed by atoms with E-state index in [4.69, 9.17) is 0 Å². The summed E-state index contributed by atoms with van der Waals surface area (Å²) in [6.07, 6.45) is 0. The Hall–Kier alpha value is -7.46. The Balaban J connectivity index is 1.15. The van der Waals surface area contributed by atoms with Crippen LogP contribution >= 0.6 is 0 Å². The van der Waals surface area contributed by atoms with Gasteiger partial charge in [-0.15, -0.1) is 0 Å². The molecule has 0 saturated heterocycles. The van der Waals surface area contributed by atoms with Crippen LogP contribution in [0.1, 0.15) is 129 Å². The molecule has 378 valence electrons. The van der Waals surface area contributed by atoms with Crippen molar-refractivity contribution in [3.8, 4) is 22.3 Å². The minimum Gasteiger partial charge on any atom is -0.310 e. The lowest BCUT2D eigenvalue weighted by Gasteiger charge is -2.34. The lowest BCUT2D eigenvalue weighted by atomic mass is 9.67. The average molecular weight is 1010 g/mol. The minimum absolute atomic E-state index is 0.274. The summed E-state index contributed by atoms with van der Waals surface area (Å²) in [6, 6.07) is 75.6. The van der Waals surface area contributed by atoms with Crippen LogP contribution in [-0.2, 0) is 5.41 Å². The number of benzene rings is 10. The van der Waals surface area contributed by atoms with Gasteiger partial charge in [0.25, 0.3) is 0 Å². The molecular formula is C73H72N2Si. The maximum atomic E-state index is 2.61. The Bertz CT molecular complexity index is 3810. The highest BCUT2D eigenvalue weighted by Crippen LogP contribution is 2.66. The van der Waals surface area contributed by atoms with Gasteiger partial charge in [-0.25, -0.2) is 0 Å². The second kappa shape index (κ2) is 18.7. The van der Waals surface area contributed by atoms with E-state index < -0.39 is 13.5 Å². The van der Waals surface area contributed by atoms with E-state index in [1.807, 2.05) is 0 Å². The first-order valence-corrected chi connectivity index (χ1v) is 31.4. The van der Waals surface area contributed by atoms with Crippen molar-refractivity contribution < 1.29 is 0 Å². The first kappa shape index (κ1) is 49.4. The number of anilines is 6. The van der Waals surface area contributed by atoms with E-state index in [2.05, 4.69) is 286 Å². The molecule has 3 heteroatoms. The van der Waals surface area contributed by atoms with Crippen molar-refractivity contribution >= 4 is 68.9 Å². The standard InChI is InChI=1S/C73H72N2Si/c1-45(2)50-23-29-53(30-24-50)74(52-27-21-49(9)22-28-52)56-35-39-61-65(41-56)63(47(5)6)43-67-68-44-64(48(7)8)66-42-57(75(54-31-25-51(26-32-54)46(3)4)55-33-37-58(38-34-55)76(10,11)12)36-40-62(66)72(68)73(71(61)67)69-19-15-13-17-59(69)60-18-14-16-20-70(60)73/h13-48H,1-12H3. The minimum atomic E-state index is -1.52. The molecule has 0 amide bonds. The maximum absolute atomic E-state index is 2.61. The van der Waals surface area contributed by atoms with Crippen molar-refractivity contribution in [1.82, 2.24) is 0 Å². The quantitative estimate of drug-likeness (QED) is 0.119. The highest BCUT2D eigenvalue weighted by atomic mass is 28.3. The van der Waals surface area contributed by atoms with Gasteiger partial charge in [-0.05, 0) is 204 Å². The molecule has 0 aliphatic heterocycles. The van der Waals surface area contributed by atoms with Crippen LogP contribution in [0.2, 0.25) is 19.6 Å². The van der Waals surface area contributed by atoms with Crippen molar-refractivity contribution in [2.24, 2.45) is 0 Å². The molecule has 2 aliphatic rings. The normalized spacial score (nSPS) is 13.3. The molecule has 0 atom stereocenters. The molecule has 0 bridgehead atoms. The van der Waals surface area contributed by atoms with Gasteiger partial charge in [0.2, 0.25) is 0 Å². The molecule has 12 rings (SSSR count). The lowest BCUT2D eigenvalue weighted by molar-refractivity contribution is 0.806. The van der Waals surface area contributed by atoms with Crippen LogP contribution in [0.5, 0.6) is 0 Å². The van der Waals surface area contributed by atoms with Gasteiger partial charge in [0.1, 0.15) is 0 Å². The third-order valence-electron chi connectivity index (χ3n) is 17.0. The maximum Gasteiger partial charge on any atom is 0.0775 e. The van der Waals surface area contributed by atoms with E-state index in [-0.39, 0.29) is 11.8 Å². The van der Waals surface area contributed by atoms with Gasteiger partial charge in [0.15, 0.2) is 0 Å². The molecule has 2 nitrogen and oxygen atoms in total. The van der Waals surface area contributed by atoms with E-state index >= 15 is 0 Å². The summed E-state index contributed by atoms with van der Waals surface area (Å²) in [7, 11) is -1.52. The van der Waals surface area contributed by atoms with Gasteiger partial charge in [-0.2, -0.15) is 0 Å². The molecule has 0 radical (unpaired) electrons. The first-order valence-electron chi connectivity index (χ1n) is 27.9. The predicted octanol–water partition coefficient (Wildman–Crippen LogP) is 20.6. The van der Waals surface area contributed by atoms with Crippen LogP contribution < -0.4 is 15.0 Å². The van der Waals surface area contributed by atoms with E-state index in [0.717, 1.165) is 17.1 Å². The van der Waals surface area contributed by atoms with Crippen molar-refractivity contribution in [3.05, 3.63) is 244 Å². The van der Waals surface area contributed by atoms with E-state index in [0.29, 0.717) is 11.8 Å². The molecule has 0 saturated carbocycles. The van der Waals surface area contributed by atoms with Crippen molar-refractivity contribution in [2.45, 2.75) is 111 Å². The number of aryl methyl sites for hydroxylation is 1. The Kier molecular flexibility index (Phi) is 12.1. The van der Waals surface area contributed by atoms with E-state index in [1.165, 1.54) is 116 Å². The molecule has 0 fully saturated rings. The first-order chi connectivity index (χ1) is 36.5. The summed E-state index contributed by atoms with van der Waals surface area (Å²) in [6.45, 7) is 28.1. The number of rotatable bonds is 11. The van der Waals surface area contributed by atoms with Crippen LogP contribution in [0, 0.1) is 6.92 Å². The molecule has 0 N–H and O–H groups in total. The zero-order valence-electron chi connectivity index (χ0n) is 46.7. The number of hydrogen-bond acceptors (Lipinski definition) is 2. The molecule has 10 aromatic rings. The fraction of sp³-hybridized carbons (Fsp3) is 0.233. The SMILES string of the molecule is Cc1ccc(N(c2ccc(C(C)C)cc2)c2ccc3c4c(cc(C(C)C)c3c2)-c2cc(C(C)C)c3cc(N(c5ccc(C(C)C)cc5)c5ccc([Si](C)(C)C)cc5)ccc3c2C42c3ccccc3-c3ccccc32)cc1. The smallest absolute Gasteiger partial charge is 0.0775 e. The van der Waals surface area contributed by atoms with Crippen LogP contribution in [0.4, 0.5) is 34.1 Å². The summed E-state index contributed by atoms with van der Waals surface area (Å²) >= 11 is 0. The second-order valence-electron chi connectivity index (χ2n) is 24.2. The molecule has 0 aromatic heterocycles. The highest BCUT2D eigenvalue weighted by Gasteiger charge is 2.54. The highest BCUT2D eigenvalue weighted by molar-refractivity contribution is 6.88. The fourth-order valence-electron chi connectivity index (χ4n) is 13.0. The summed E-state index contributed by atoms with van der Waals surface area (Å²) in [4.78, 5) is 4.94. The molecule has 10 aromatic carbocycles. The lowest BCUT2D eigenvalue weighted by Crippen LogP contribution is -2.37. The monoisotopic (exact) mass is 1000 g/mol. The third-order valence-corrected chi connectivity index (χ3v) is 19.0. The summed E-state index contributed by atoms with van der Waals surface area (Å²) in [5.41, 5.74) is 24.0. The molecule has 76 heavy (non-hydrogen) atoms. The van der Waals surface area contributed by atoms with Crippen LogP contribution in [0.15, 0.2) is 194 Å². The van der Waals surface area contributed by atoms with Crippen LogP contribution in [-0.4, -0.2) is 8.07 Å². The Morgan fingerprint density at radius 1 is 0.342 bits per heavy atom. The summed E-state index contributed by atoms with van der Waals surface area (Å²) in [5.74, 6) is 1.46. The van der Waals surface area contributed by atoms with Gasteiger partial charge in [-0.1, -0.05) is 195 Å². The topological polar surface area (TPSA) is 6.48 Å². The summed E-state index contributed by atoms with van der Waals surface area (Å²) in [5, 5.41) is 6.74. The molecule has 1 spiro atoms. The van der Waals surface area contributed by atoms with Crippen molar-refractivity contribution in [2.75, 3.05) is 9.80 Å². The Morgan fingerprint density at radius 3 is 1.07 bits per heavy atom. The number of hydrogen-bond donors (Lipinski definition) is 0. The Morgan fingerprint density at radius 2 is 0.697 bits per heavy atom. The summed E-state index contributed by atoms with van der Waals surface area (Å²) < 4.78 is 0. The van der Waals surface area contributed by atoms with Crippen LogP contribution in [0.3, 0.4) is 0 Å². The van der Waals surface area contributed by atoms with Gasteiger partial charge in [-0.3, -0.25) is 0 Å². The van der Waals surface area contributed by atoms with Gasteiger partial charge in [0.05, 0.1) is 13.5 Å². The molecule has 0 heterocycles. The predicted molar refractivity (Wildman–Crippen MR) is 331 cm³/mol. The van der Waals surface area contributed by atoms with Crippen LogP contribution in [0.25, 0.3) is 43.8 Å². The molecular weight excluding hydrogens is 933 g/mol. The van der Waals surface area contributed by atoms with Crippen molar-refractivity contribution in [1.29, 1.82) is 0 Å². The number of fused-ring (bicyclic) bond motifs is 14. The van der Waals surface area contributed by atoms with Crippen molar-refractivity contribution in [3.63, 3.8) is 0 Å². The number of nitrogens with zero attached hydrogens (tertiary/aromatic N) is 2. The zero-order valence-corrected chi connectivity index (χ0v) is 47.7. The molecule has 2 aliphatic carbocycles. The second-order valence-corrected chi connectivity index (χ2v) is 29.3. The molecule has 0 unspecified atom stereocenters. The zero-order chi connectivity index (χ0) is 52.9. The van der Waals surface area contributed by atoms with Gasteiger partial charge < -0.3 is 9.80 Å². The average Bonchev–Trinajstić information content (AvgIpc) is 4.10.